The minimum Gasteiger partial charge on any atom is -0.368 e. The van der Waals surface area contributed by atoms with Gasteiger partial charge in [0.2, 0.25) is 17.7 Å². The molecule has 0 saturated carbocycles. The topological polar surface area (TPSA) is 100 Å². The molecule has 0 radical (unpaired) electrons. The Kier molecular flexibility index (Phi) is 2.26. The largest absolute Gasteiger partial charge is 0.368 e. The van der Waals surface area contributed by atoms with Crippen molar-refractivity contribution in [1.29, 1.82) is 0 Å². The van der Waals surface area contributed by atoms with Gasteiger partial charge in [-0.2, -0.15) is 15.0 Å². The highest BCUT2D eigenvalue weighted by Crippen LogP contribution is 2.13. The van der Waals surface area contributed by atoms with Crippen molar-refractivity contribution in [3.05, 3.63) is 31.1 Å². The van der Waals surface area contributed by atoms with E-state index in [-0.39, 0.29) is 5.95 Å². The number of hydrogen-bond donors (Lipinski definition) is 1. The van der Waals surface area contributed by atoms with Crippen molar-refractivity contribution in [1.82, 2.24) is 34.1 Å². The van der Waals surface area contributed by atoms with Gasteiger partial charge in [0.25, 0.3) is 0 Å². The zero-order valence-electron chi connectivity index (χ0n) is 9.59. The molecule has 0 atom stereocenters. The Labute approximate surface area is 102 Å². The molecule has 8 heteroatoms. The summed E-state index contributed by atoms with van der Waals surface area (Å²) in [7, 11) is 1.86. The predicted octanol–water partition coefficient (Wildman–Crippen LogP) is 0.0400. The first-order valence-corrected chi connectivity index (χ1v) is 5.21. The first-order chi connectivity index (χ1) is 8.74. The van der Waals surface area contributed by atoms with E-state index in [1.807, 2.05) is 17.8 Å². The standard InChI is InChI=1S/C10H10N8/c1-17-4-3-13-8(17)7-14-9(11)16-10(15-7)18-5-2-12-6-18/h2-6H,1H3,(H2,11,14,15,16). The minimum absolute atomic E-state index is 0.145. The summed E-state index contributed by atoms with van der Waals surface area (Å²) in [6.45, 7) is 0. The van der Waals surface area contributed by atoms with E-state index in [1.165, 1.54) is 0 Å². The molecule has 0 aliphatic rings. The summed E-state index contributed by atoms with van der Waals surface area (Å²) >= 11 is 0. The molecule has 0 aliphatic carbocycles. The average molecular weight is 242 g/mol. The van der Waals surface area contributed by atoms with E-state index in [0.717, 1.165) is 0 Å². The molecule has 3 aromatic rings. The third-order valence-corrected chi connectivity index (χ3v) is 2.40. The van der Waals surface area contributed by atoms with E-state index in [1.54, 1.807) is 29.5 Å². The van der Waals surface area contributed by atoms with E-state index in [9.17, 15) is 0 Å². The molecule has 0 fully saturated rings. The summed E-state index contributed by atoms with van der Waals surface area (Å²) in [5.74, 6) is 1.62. The van der Waals surface area contributed by atoms with Crippen LogP contribution in [0.1, 0.15) is 0 Å². The van der Waals surface area contributed by atoms with Crippen LogP contribution in [0.15, 0.2) is 31.1 Å². The summed E-state index contributed by atoms with van der Waals surface area (Å²) in [6.07, 6.45) is 8.45. The van der Waals surface area contributed by atoms with Crippen LogP contribution in [0.2, 0.25) is 0 Å². The average Bonchev–Trinajstić information content (AvgIpc) is 2.98. The van der Waals surface area contributed by atoms with Crippen molar-refractivity contribution in [2.45, 2.75) is 0 Å². The summed E-state index contributed by atoms with van der Waals surface area (Å²) in [5, 5.41) is 0. The first-order valence-electron chi connectivity index (χ1n) is 5.21. The fraction of sp³-hybridized carbons (Fsp3) is 0.100. The fourth-order valence-corrected chi connectivity index (χ4v) is 1.55. The van der Waals surface area contributed by atoms with Gasteiger partial charge in [0.05, 0.1) is 0 Å². The molecule has 18 heavy (non-hydrogen) atoms. The van der Waals surface area contributed by atoms with Crippen molar-refractivity contribution in [2.75, 3.05) is 5.73 Å². The van der Waals surface area contributed by atoms with Crippen LogP contribution in [-0.4, -0.2) is 34.1 Å². The lowest BCUT2D eigenvalue weighted by molar-refractivity contribution is 0.870. The zero-order chi connectivity index (χ0) is 12.5. The van der Waals surface area contributed by atoms with Crippen LogP contribution in [0.5, 0.6) is 0 Å². The Hall–Kier alpha value is -2.77. The highest BCUT2D eigenvalue weighted by Gasteiger charge is 2.11. The van der Waals surface area contributed by atoms with Gasteiger partial charge in [-0.1, -0.05) is 0 Å². The summed E-state index contributed by atoms with van der Waals surface area (Å²) in [5.41, 5.74) is 5.69. The van der Waals surface area contributed by atoms with E-state index in [4.69, 9.17) is 5.73 Å². The second-order valence-electron chi connectivity index (χ2n) is 3.65. The molecule has 0 bridgehead atoms. The maximum Gasteiger partial charge on any atom is 0.240 e. The highest BCUT2D eigenvalue weighted by atomic mass is 15.2. The van der Waals surface area contributed by atoms with Gasteiger partial charge in [0.15, 0.2) is 5.82 Å². The lowest BCUT2D eigenvalue weighted by Gasteiger charge is -2.04. The molecular formula is C10H10N8. The van der Waals surface area contributed by atoms with Crippen LogP contribution in [0, 0.1) is 0 Å². The number of nitrogens with zero attached hydrogens (tertiary/aromatic N) is 7. The van der Waals surface area contributed by atoms with Gasteiger partial charge in [0.1, 0.15) is 6.33 Å². The van der Waals surface area contributed by atoms with Gasteiger partial charge in [-0.3, -0.25) is 4.57 Å². The predicted molar refractivity (Wildman–Crippen MR) is 63.6 cm³/mol. The number of hydrogen-bond acceptors (Lipinski definition) is 6. The molecule has 90 valence electrons. The molecule has 3 heterocycles. The minimum atomic E-state index is 0.145. The molecule has 2 N–H and O–H groups in total. The van der Waals surface area contributed by atoms with Crippen molar-refractivity contribution in [2.24, 2.45) is 7.05 Å². The van der Waals surface area contributed by atoms with E-state index < -0.39 is 0 Å². The zero-order valence-corrected chi connectivity index (χ0v) is 9.59. The number of anilines is 1. The Morgan fingerprint density at radius 3 is 2.67 bits per heavy atom. The first kappa shape index (κ1) is 10.4. The van der Waals surface area contributed by atoms with Crippen LogP contribution >= 0.6 is 0 Å². The smallest absolute Gasteiger partial charge is 0.240 e. The Balaban J connectivity index is 2.15. The van der Waals surface area contributed by atoms with Crippen LogP contribution < -0.4 is 5.73 Å². The van der Waals surface area contributed by atoms with Gasteiger partial charge in [-0.25, -0.2) is 9.97 Å². The number of aromatic nitrogens is 7. The van der Waals surface area contributed by atoms with E-state index in [2.05, 4.69) is 24.9 Å². The van der Waals surface area contributed by atoms with E-state index >= 15 is 0 Å². The molecular weight excluding hydrogens is 232 g/mol. The molecule has 0 aliphatic heterocycles. The monoisotopic (exact) mass is 242 g/mol. The summed E-state index contributed by atoms with van der Waals surface area (Å²) in [6, 6.07) is 0. The molecule has 0 spiro atoms. The Morgan fingerprint density at radius 2 is 2.00 bits per heavy atom. The third kappa shape index (κ3) is 1.69. The van der Waals surface area contributed by atoms with Gasteiger partial charge in [0, 0.05) is 31.8 Å². The second-order valence-corrected chi connectivity index (χ2v) is 3.65. The number of imidazole rings is 2. The van der Waals surface area contributed by atoms with E-state index in [0.29, 0.717) is 17.6 Å². The van der Waals surface area contributed by atoms with Gasteiger partial charge in [-0.15, -0.1) is 0 Å². The normalized spacial score (nSPS) is 10.7. The quantitative estimate of drug-likeness (QED) is 0.681. The SMILES string of the molecule is Cn1ccnc1-c1nc(N)nc(-n2ccnc2)n1. The van der Waals surface area contributed by atoms with Crippen molar-refractivity contribution < 1.29 is 0 Å². The molecule has 0 aromatic carbocycles. The molecule has 0 unspecified atom stereocenters. The lowest BCUT2D eigenvalue weighted by Crippen LogP contribution is -2.08. The summed E-state index contributed by atoms with van der Waals surface area (Å²) in [4.78, 5) is 20.6. The van der Waals surface area contributed by atoms with Crippen LogP contribution in [-0.2, 0) is 7.05 Å². The van der Waals surface area contributed by atoms with Crippen LogP contribution in [0.25, 0.3) is 17.6 Å². The number of nitrogens with two attached hydrogens (primary N) is 1. The fourth-order valence-electron chi connectivity index (χ4n) is 1.55. The van der Waals surface area contributed by atoms with Crippen LogP contribution in [0.3, 0.4) is 0 Å². The van der Waals surface area contributed by atoms with Gasteiger partial charge >= 0.3 is 0 Å². The van der Waals surface area contributed by atoms with Gasteiger partial charge < -0.3 is 10.3 Å². The Morgan fingerprint density at radius 1 is 1.11 bits per heavy atom. The van der Waals surface area contributed by atoms with Crippen LogP contribution in [0.4, 0.5) is 5.95 Å². The molecule has 8 nitrogen and oxygen atoms in total. The molecule has 0 amide bonds. The number of nitrogen functional groups attached to an aromatic ring is 1. The second kappa shape index (κ2) is 3.91. The van der Waals surface area contributed by atoms with Gasteiger partial charge in [-0.05, 0) is 0 Å². The van der Waals surface area contributed by atoms with Crippen molar-refractivity contribution in [3.8, 4) is 17.6 Å². The number of rotatable bonds is 2. The van der Waals surface area contributed by atoms with Crippen molar-refractivity contribution >= 4 is 5.95 Å². The Bertz CT molecular complexity index is 669. The maximum atomic E-state index is 5.69. The summed E-state index contributed by atoms with van der Waals surface area (Å²) < 4.78 is 3.47. The maximum absolute atomic E-state index is 5.69. The lowest BCUT2D eigenvalue weighted by atomic mass is 10.5. The molecule has 3 rings (SSSR count). The molecule has 0 saturated heterocycles. The molecule has 3 aromatic heterocycles. The highest BCUT2D eigenvalue weighted by molar-refractivity contribution is 5.47. The third-order valence-electron chi connectivity index (χ3n) is 2.40. The van der Waals surface area contributed by atoms with Crippen molar-refractivity contribution in [3.63, 3.8) is 0 Å². The number of aryl methyl sites for hydroxylation is 1.